The largest absolute Gasteiger partial charge is 0.410 e. The van der Waals surface area contributed by atoms with Gasteiger partial charge in [-0.05, 0) is 12.1 Å². The van der Waals surface area contributed by atoms with E-state index in [-0.39, 0.29) is 10.6 Å². The Morgan fingerprint density at radius 1 is 1.38 bits per heavy atom. The van der Waals surface area contributed by atoms with Gasteiger partial charge in [0, 0.05) is 5.56 Å². The number of hydrogen-bond acceptors (Lipinski definition) is 3. The van der Waals surface area contributed by atoms with Crippen LogP contribution in [0.2, 0.25) is 5.02 Å². The summed E-state index contributed by atoms with van der Waals surface area (Å²) in [6, 6.07) is 6.37. The minimum Gasteiger partial charge on any atom is -0.410 e. The first-order chi connectivity index (χ1) is 6.16. The minimum absolute atomic E-state index is 0.215. The fourth-order valence-electron chi connectivity index (χ4n) is 0.802. The van der Waals surface area contributed by atoms with Crippen LogP contribution in [0.5, 0.6) is 0 Å². The average molecular weight is 218 g/mol. The van der Waals surface area contributed by atoms with Crippen LogP contribution in [-0.2, 0) is 0 Å². The van der Waals surface area contributed by atoms with Crippen molar-refractivity contribution in [3.8, 4) is 0 Å². The molecule has 1 N–H and O–H groups in total. The van der Waals surface area contributed by atoms with Gasteiger partial charge in [-0.15, -0.1) is 0 Å². The summed E-state index contributed by atoms with van der Waals surface area (Å²) in [5.41, 5.74) is 0.215. The van der Waals surface area contributed by atoms with Gasteiger partial charge in [-0.1, -0.05) is 40.5 Å². The molecule has 68 valence electrons. The highest BCUT2D eigenvalue weighted by molar-refractivity contribution is 6.85. The molecule has 0 saturated carbocycles. The molecular weight excluding hydrogens is 213 g/mol. The lowest BCUT2D eigenvalue weighted by molar-refractivity contribution is 0.106. The number of carbonyl (C=O) groups excluding carboxylic acids is 1. The molecule has 5 heteroatoms. The summed E-state index contributed by atoms with van der Waals surface area (Å²) in [5, 5.41) is 10.6. The van der Waals surface area contributed by atoms with Crippen LogP contribution >= 0.6 is 23.2 Å². The van der Waals surface area contributed by atoms with Gasteiger partial charge in [0.2, 0.25) is 11.0 Å². The van der Waals surface area contributed by atoms with Gasteiger partial charge in [-0.25, -0.2) is 0 Å². The molecule has 0 amide bonds. The Labute approximate surface area is 84.6 Å². The quantitative estimate of drug-likeness (QED) is 0.359. The van der Waals surface area contributed by atoms with Gasteiger partial charge in [0.1, 0.15) is 0 Å². The number of oxime groups is 1. The number of rotatable bonds is 2. The maximum atomic E-state index is 11.3. The number of hydrogen-bond donors (Lipinski definition) is 1. The standard InChI is InChI=1S/C8H5Cl2NO2/c9-6-4-2-1-3-5(6)7(12)8(10)11-13/h1-4,13H/b11-8+. The van der Waals surface area contributed by atoms with Crippen LogP contribution in [0, 0.1) is 0 Å². The summed E-state index contributed by atoms with van der Waals surface area (Å²) >= 11 is 11.0. The van der Waals surface area contributed by atoms with E-state index in [0.29, 0.717) is 0 Å². The van der Waals surface area contributed by atoms with Crippen molar-refractivity contribution in [3.05, 3.63) is 34.9 Å². The van der Waals surface area contributed by atoms with Crippen LogP contribution < -0.4 is 0 Å². The molecule has 0 heterocycles. The van der Waals surface area contributed by atoms with E-state index in [1.165, 1.54) is 6.07 Å². The van der Waals surface area contributed by atoms with E-state index in [4.69, 9.17) is 28.4 Å². The van der Waals surface area contributed by atoms with E-state index < -0.39 is 11.0 Å². The highest BCUT2D eigenvalue weighted by atomic mass is 35.5. The van der Waals surface area contributed by atoms with Crippen LogP contribution in [0.3, 0.4) is 0 Å². The van der Waals surface area contributed by atoms with Crippen LogP contribution in [-0.4, -0.2) is 16.2 Å². The lowest BCUT2D eigenvalue weighted by Gasteiger charge is -1.98. The van der Waals surface area contributed by atoms with Crippen LogP contribution in [0.25, 0.3) is 0 Å². The topological polar surface area (TPSA) is 49.7 Å². The van der Waals surface area contributed by atoms with Crippen LogP contribution in [0.4, 0.5) is 0 Å². The molecule has 0 unspecified atom stereocenters. The Morgan fingerprint density at radius 2 is 2.00 bits per heavy atom. The van der Waals surface area contributed by atoms with Crippen molar-refractivity contribution in [3.63, 3.8) is 0 Å². The van der Waals surface area contributed by atoms with Crippen molar-refractivity contribution in [1.29, 1.82) is 0 Å². The van der Waals surface area contributed by atoms with Crippen molar-refractivity contribution >= 4 is 34.2 Å². The first-order valence-electron chi connectivity index (χ1n) is 3.33. The van der Waals surface area contributed by atoms with E-state index in [9.17, 15) is 4.79 Å². The number of nitrogens with zero attached hydrogens (tertiary/aromatic N) is 1. The fraction of sp³-hybridized carbons (Fsp3) is 0. The zero-order chi connectivity index (χ0) is 9.84. The Bertz CT molecular complexity index is 363. The molecule has 0 bridgehead atoms. The third-order valence-electron chi connectivity index (χ3n) is 1.39. The molecule has 0 atom stereocenters. The summed E-state index contributed by atoms with van der Waals surface area (Å²) in [6.45, 7) is 0. The number of Topliss-reactive ketones (excluding diaryl/α,β-unsaturated/α-hetero) is 1. The van der Waals surface area contributed by atoms with Gasteiger partial charge in [0.15, 0.2) is 0 Å². The molecule has 1 aromatic carbocycles. The molecule has 0 radical (unpaired) electrons. The van der Waals surface area contributed by atoms with Gasteiger partial charge in [0.05, 0.1) is 5.02 Å². The Balaban J connectivity index is 3.10. The van der Waals surface area contributed by atoms with Gasteiger partial charge in [-0.2, -0.15) is 0 Å². The lowest BCUT2D eigenvalue weighted by Crippen LogP contribution is -2.08. The molecule has 1 rings (SSSR count). The summed E-state index contributed by atoms with van der Waals surface area (Å²) in [7, 11) is 0. The summed E-state index contributed by atoms with van der Waals surface area (Å²) < 4.78 is 0. The summed E-state index contributed by atoms with van der Waals surface area (Å²) in [5.74, 6) is -0.602. The third kappa shape index (κ3) is 2.20. The second kappa shape index (κ2) is 4.25. The number of halogens is 2. The maximum absolute atomic E-state index is 11.3. The molecule has 0 aliphatic heterocycles. The van der Waals surface area contributed by atoms with E-state index in [1.54, 1.807) is 18.2 Å². The Morgan fingerprint density at radius 3 is 2.54 bits per heavy atom. The van der Waals surface area contributed by atoms with Crippen molar-refractivity contribution in [2.24, 2.45) is 5.16 Å². The molecule has 13 heavy (non-hydrogen) atoms. The lowest BCUT2D eigenvalue weighted by atomic mass is 10.1. The normalized spacial score (nSPS) is 11.4. The van der Waals surface area contributed by atoms with Crippen molar-refractivity contribution < 1.29 is 10.0 Å². The SMILES string of the molecule is O=C(/C(Cl)=N\O)c1ccccc1Cl. The van der Waals surface area contributed by atoms with Gasteiger partial charge in [0.25, 0.3) is 0 Å². The first-order valence-corrected chi connectivity index (χ1v) is 4.09. The molecule has 0 aliphatic carbocycles. The Hall–Kier alpha value is -1.06. The van der Waals surface area contributed by atoms with Crippen LogP contribution in [0.1, 0.15) is 10.4 Å². The van der Waals surface area contributed by atoms with Gasteiger partial charge >= 0.3 is 0 Å². The van der Waals surface area contributed by atoms with Crippen molar-refractivity contribution in [1.82, 2.24) is 0 Å². The smallest absolute Gasteiger partial charge is 0.227 e. The maximum Gasteiger partial charge on any atom is 0.227 e. The number of ketones is 1. The number of carbonyl (C=O) groups is 1. The van der Waals surface area contributed by atoms with Gasteiger partial charge < -0.3 is 5.21 Å². The van der Waals surface area contributed by atoms with E-state index in [0.717, 1.165) is 0 Å². The monoisotopic (exact) mass is 217 g/mol. The zero-order valence-corrected chi connectivity index (χ0v) is 7.88. The molecular formula is C8H5Cl2NO2. The van der Waals surface area contributed by atoms with E-state index >= 15 is 0 Å². The molecule has 0 spiro atoms. The predicted octanol–water partition coefficient (Wildman–Crippen LogP) is 2.55. The second-order valence-corrected chi connectivity index (χ2v) is 2.96. The summed E-state index contributed by atoms with van der Waals surface area (Å²) in [4.78, 5) is 11.3. The highest BCUT2D eigenvalue weighted by Gasteiger charge is 2.14. The fourth-order valence-corrected chi connectivity index (χ4v) is 1.13. The molecule has 0 aromatic heterocycles. The molecule has 0 aliphatic rings. The van der Waals surface area contributed by atoms with E-state index in [2.05, 4.69) is 5.16 Å². The molecule has 0 saturated heterocycles. The van der Waals surface area contributed by atoms with E-state index in [1.807, 2.05) is 0 Å². The van der Waals surface area contributed by atoms with Crippen molar-refractivity contribution in [2.45, 2.75) is 0 Å². The summed E-state index contributed by atoms with van der Waals surface area (Å²) in [6.07, 6.45) is 0. The molecule has 0 fully saturated rings. The number of benzene rings is 1. The van der Waals surface area contributed by atoms with Crippen LogP contribution in [0.15, 0.2) is 29.4 Å². The molecule has 1 aromatic rings. The minimum atomic E-state index is -0.602. The second-order valence-electron chi connectivity index (χ2n) is 2.20. The highest BCUT2D eigenvalue weighted by Crippen LogP contribution is 2.16. The predicted molar refractivity (Wildman–Crippen MR) is 50.9 cm³/mol. The first kappa shape index (κ1) is 10.0. The average Bonchev–Trinajstić information content (AvgIpc) is 2.16. The Kier molecular flexibility index (Phi) is 3.28. The van der Waals surface area contributed by atoms with Crippen molar-refractivity contribution in [2.75, 3.05) is 0 Å². The zero-order valence-electron chi connectivity index (χ0n) is 6.37. The third-order valence-corrected chi connectivity index (χ3v) is 1.97. The molecule has 3 nitrogen and oxygen atoms in total. The van der Waals surface area contributed by atoms with Gasteiger partial charge in [-0.3, -0.25) is 4.79 Å².